The number of hydrogen-bond donors (Lipinski definition) is 3. The Bertz CT molecular complexity index is 1160. The number of aromatic nitrogens is 2. The van der Waals surface area contributed by atoms with Gasteiger partial charge in [-0.2, -0.15) is 0 Å². The molecule has 0 saturated heterocycles. The average molecular weight is 434 g/mol. The van der Waals surface area contributed by atoms with Crippen molar-refractivity contribution in [1.29, 1.82) is 0 Å². The Kier molecular flexibility index (Phi) is 5.40. The predicted octanol–water partition coefficient (Wildman–Crippen LogP) is 6.46. The van der Waals surface area contributed by atoms with Gasteiger partial charge in [0.2, 0.25) is 5.95 Å². The van der Waals surface area contributed by atoms with E-state index in [1.165, 1.54) is 30.3 Å². The number of benzene rings is 3. The van der Waals surface area contributed by atoms with Gasteiger partial charge in [0.05, 0.1) is 15.9 Å². The third-order valence-electron chi connectivity index (χ3n) is 3.95. The molecule has 4 rings (SSSR count). The molecule has 0 fully saturated rings. The van der Waals surface area contributed by atoms with Gasteiger partial charge in [0, 0.05) is 11.4 Å². The summed E-state index contributed by atoms with van der Waals surface area (Å²) in [5.74, 6) is -0.192. The molecule has 0 aliphatic rings. The summed E-state index contributed by atoms with van der Waals surface area (Å²) in [7, 11) is 0. The molecule has 0 bridgehead atoms. The number of ether oxygens (including phenoxy) is 1. The quantitative estimate of drug-likeness (QED) is 0.240. The maximum atomic E-state index is 13.7. The molecule has 0 amide bonds. The average Bonchev–Trinajstić information content (AvgIpc) is 3.09. The molecular formula is C20H14F4N4OS. The van der Waals surface area contributed by atoms with Gasteiger partial charge in [-0.15, -0.1) is 13.2 Å². The van der Waals surface area contributed by atoms with Crippen LogP contribution in [-0.2, 0) is 0 Å². The van der Waals surface area contributed by atoms with Gasteiger partial charge >= 0.3 is 6.36 Å². The second-order valence-corrected chi connectivity index (χ2v) is 7.00. The molecule has 10 heteroatoms. The van der Waals surface area contributed by atoms with Crippen LogP contribution in [0.5, 0.6) is 5.75 Å². The molecule has 4 aromatic rings. The number of halogens is 4. The summed E-state index contributed by atoms with van der Waals surface area (Å²) < 4.78 is 57.3. The first-order valence-electron chi connectivity index (χ1n) is 8.66. The lowest BCUT2D eigenvalue weighted by Gasteiger charge is -2.09. The molecule has 3 aromatic carbocycles. The minimum atomic E-state index is -4.73. The number of nitrogens with one attached hydrogen (secondary N) is 3. The van der Waals surface area contributed by atoms with Crippen LogP contribution in [0.2, 0.25) is 0 Å². The van der Waals surface area contributed by atoms with Crippen LogP contribution in [0.3, 0.4) is 0 Å². The van der Waals surface area contributed by atoms with Crippen molar-refractivity contribution in [3.63, 3.8) is 0 Å². The largest absolute Gasteiger partial charge is 0.573 e. The van der Waals surface area contributed by atoms with E-state index in [0.29, 0.717) is 22.0 Å². The van der Waals surface area contributed by atoms with Crippen molar-refractivity contribution < 1.29 is 22.3 Å². The molecule has 0 aliphatic heterocycles. The summed E-state index contributed by atoms with van der Waals surface area (Å²) >= 11 is 1.15. The summed E-state index contributed by atoms with van der Waals surface area (Å²) in [6.45, 7) is 0. The van der Waals surface area contributed by atoms with E-state index in [0.717, 1.165) is 23.2 Å². The van der Waals surface area contributed by atoms with Crippen LogP contribution >= 0.6 is 11.9 Å². The van der Waals surface area contributed by atoms with E-state index in [1.54, 1.807) is 24.3 Å². The number of rotatable bonds is 6. The van der Waals surface area contributed by atoms with Crippen molar-refractivity contribution in [3.05, 3.63) is 72.5 Å². The second-order valence-electron chi connectivity index (χ2n) is 6.15. The van der Waals surface area contributed by atoms with Crippen molar-refractivity contribution in [1.82, 2.24) is 9.97 Å². The number of H-pyrrole nitrogens is 1. The number of fused-ring (bicyclic) bond motifs is 1. The summed E-state index contributed by atoms with van der Waals surface area (Å²) in [6, 6.07) is 17.2. The van der Waals surface area contributed by atoms with E-state index in [9.17, 15) is 17.6 Å². The van der Waals surface area contributed by atoms with Crippen molar-refractivity contribution >= 4 is 40.3 Å². The molecule has 1 aromatic heterocycles. The zero-order valence-electron chi connectivity index (χ0n) is 15.1. The molecule has 154 valence electrons. The van der Waals surface area contributed by atoms with Gasteiger partial charge in [0.1, 0.15) is 11.6 Å². The van der Waals surface area contributed by atoms with Crippen LogP contribution in [0.15, 0.2) is 71.6 Å². The lowest BCUT2D eigenvalue weighted by Crippen LogP contribution is -2.16. The number of aromatic amines is 1. The lowest BCUT2D eigenvalue weighted by atomic mass is 10.3. The molecule has 0 unspecified atom stereocenters. The molecular weight excluding hydrogens is 420 g/mol. The van der Waals surface area contributed by atoms with Gasteiger partial charge < -0.3 is 19.8 Å². The van der Waals surface area contributed by atoms with E-state index in [1.807, 2.05) is 12.1 Å². The van der Waals surface area contributed by atoms with E-state index in [2.05, 4.69) is 24.7 Å². The Balaban J connectivity index is 1.44. The molecule has 0 radical (unpaired) electrons. The summed E-state index contributed by atoms with van der Waals surface area (Å²) in [5, 5.41) is 2.99. The topological polar surface area (TPSA) is 62.0 Å². The first kappa shape index (κ1) is 19.9. The lowest BCUT2D eigenvalue weighted by molar-refractivity contribution is -0.274. The highest BCUT2D eigenvalue weighted by Crippen LogP contribution is 2.28. The highest BCUT2D eigenvalue weighted by Gasteiger charge is 2.30. The van der Waals surface area contributed by atoms with Gasteiger partial charge in [-0.05, 0) is 66.5 Å². The Hall–Kier alpha value is -3.40. The molecule has 0 aliphatic carbocycles. The Morgan fingerprint density at radius 3 is 2.40 bits per heavy atom. The highest BCUT2D eigenvalue weighted by atomic mass is 32.2. The van der Waals surface area contributed by atoms with Gasteiger partial charge in [-0.3, -0.25) is 0 Å². The van der Waals surface area contributed by atoms with Crippen LogP contribution in [0.25, 0.3) is 11.0 Å². The Morgan fingerprint density at radius 2 is 1.67 bits per heavy atom. The zero-order valence-corrected chi connectivity index (χ0v) is 15.9. The fourth-order valence-electron chi connectivity index (χ4n) is 2.65. The van der Waals surface area contributed by atoms with Gasteiger partial charge in [0.15, 0.2) is 0 Å². The van der Waals surface area contributed by atoms with E-state index in [-0.39, 0.29) is 11.6 Å². The fourth-order valence-corrected chi connectivity index (χ4v) is 3.31. The first-order valence-corrected chi connectivity index (χ1v) is 9.47. The number of hydrogen-bond acceptors (Lipinski definition) is 5. The number of imidazole rings is 1. The number of alkyl halides is 3. The van der Waals surface area contributed by atoms with E-state index >= 15 is 0 Å². The van der Waals surface area contributed by atoms with Crippen LogP contribution < -0.4 is 14.8 Å². The van der Waals surface area contributed by atoms with Crippen LogP contribution in [0, 0.1) is 5.82 Å². The molecule has 0 atom stereocenters. The third-order valence-corrected chi connectivity index (χ3v) is 4.84. The second kappa shape index (κ2) is 8.15. The minimum absolute atomic E-state index is 0.305. The number of anilines is 3. The van der Waals surface area contributed by atoms with Gasteiger partial charge in [0.25, 0.3) is 0 Å². The molecule has 0 saturated carbocycles. The molecule has 0 spiro atoms. The predicted molar refractivity (Wildman–Crippen MR) is 108 cm³/mol. The standard InChI is InChI=1S/C20H14F4N4OS/c21-15-3-1-2-4-18(15)30-28-13-7-10-16-17(11-13)27-19(26-16)25-12-5-8-14(9-6-12)29-20(22,23)24/h1-11,28H,(H2,25,26,27). The summed E-state index contributed by atoms with van der Waals surface area (Å²) in [6.07, 6.45) is -4.73. The monoisotopic (exact) mass is 434 g/mol. The van der Waals surface area contributed by atoms with E-state index in [4.69, 9.17) is 0 Å². The summed E-state index contributed by atoms with van der Waals surface area (Å²) in [5.41, 5.74) is 2.70. The van der Waals surface area contributed by atoms with Gasteiger partial charge in [-0.25, -0.2) is 9.37 Å². The maximum absolute atomic E-state index is 13.7. The molecule has 3 N–H and O–H groups in total. The van der Waals surface area contributed by atoms with Crippen molar-refractivity contribution in [2.75, 3.05) is 10.0 Å². The SMILES string of the molecule is Fc1ccccc1SNc1ccc2[nH]c(Nc3ccc(OC(F)(F)F)cc3)nc2c1. The van der Waals surface area contributed by atoms with Crippen LogP contribution in [0.4, 0.5) is 34.9 Å². The Labute approximate surface area is 172 Å². The van der Waals surface area contributed by atoms with Crippen molar-refractivity contribution in [2.24, 2.45) is 0 Å². The number of nitrogens with zero attached hydrogens (tertiary/aromatic N) is 1. The minimum Gasteiger partial charge on any atom is -0.406 e. The smallest absolute Gasteiger partial charge is 0.406 e. The summed E-state index contributed by atoms with van der Waals surface area (Å²) in [4.78, 5) is 7.97. The van der Waals surface area contributed by atoms with Crippen LogP contribution in [0.1, 0.15) is 0 Å². The van der Waals surface area contributed by atoms with E-state index < -0.39 is 6.36 Å². The third kappa shape index (κ3) is 4.95. The Morgan fingerprint density at radius 1 is 0.933 bits per heavy atom. The first-order chi connectivity index (χ1) is 14.4. The van der Waals surface area contributed by atoms with Crippen LogP contribution in [-0.4, -0.2) is 16.3 Å². The molecule has 5 nitrogen and oxygen atoms in total. The zero-order chi connectivity index (χ0) is 21.1. The fraction of sp³-hybridized carbons (Fsp3) is 0.0500. The maximum Gasteiger partial charge on any atom is 0.573 e. The highest BCUT2D eigenvalue weighted by molar-refractivity contribution is 8.00. The van der Waals surface area contributed by atoms with Crippen molar-refractivity contribution in [2.45, 2.75) is 11.3 Å². The van der Waals surface area contributed by atoms with Crippen molar-refractivity contribution in [3.8, 4) is 5.75 Å². The normalized spacial score (nSPS) is 11.5. The molecule has 1 heterocycles. The van der Waals surface area contributed by atoms with Gasteiger partial charge in [-0.1, -0.05) is 12.1 Å². The molecule has 30 heavy (non-hydrogen) atoms.